The number of imide groups is 1. The molecule has 5 rings (SSSR count). The van der Waals surface area contributed by atoms with E-state index < -0.39 is 52.8 Å². The van der Waals surface area contributed by atoms with Gasteiger partial charge in [0.25, 0.3) is 23.4 Å². The molecule has 3 atom stereocenters. The van der Waals surface area contributed by atoms with Gasteiger partial charge in [0, 0.05) is 23.3 Å². The Kier molecular flexibility index (Phi) is 7.74. The molecule has 11 heteroatoms. The number of amides is 3. The maximum Gasteiger partial charge on any atom is 0.343 e. The van der Waals surface area contributed by atoms with Crippen molar-refractivity contribution in [3.8, 4) is 5.75 Å². The van der Waals surface area contributed by atoms with Gasteiger partial charge in [-0.2, -0.15) is 5.01 Å². The Balaban J connectivity index is 1.40. The van der Waals surface area contributed by atoms with E-state index in [-0.39, 0.29) is 28.5 Å². The van der Waals surface area contributed by atoms with Gasteiger partial charge in [-0.15, -0.1) is 0 Å². The molecule has 1 saturated heterocycles. The van der Waals surface area contributed by atoms with Crippen LogP contribution in [0.15, 0.2) is 91.0 Å². The second-order valence-corrected chi connectivity index (χ2v) is 10.0. The molecule has 0 N–H and O–H groups in total. The summed E-state index contributed by atoms with van der Waals surface area (Å²) in [5, 5.41) is 12.6. The van der Waals surface area contributed by atoms with Crippen molar-refractivity contribution in [2.24, 2.45) is 17.8 Å². The molecule has 212 valence electrons. The summed E-state index contributed by atoms with van der Waals surface area (Å²) in [6.45, 7) is 1.15. The normalized spacial score (nSPS) is 19.3. The highest BCUT2D eigenvalue weighted by Gasteiger charge is 2.53. The molecule has 3 aromatic rings. The van der Waals surface area contributed by atoms with Gasteiger partial charge >= 0.3 is 5.97 Å². The second-order valence-electron chi connectivity index (χ2n) is 10.0. The zero-order valence-corrected chi connectivity index (χ0v) is 22.4. The van der Waals surface area contributed by atoms with E-state index in [1.165, 1.54) is 36.4 Å². The Labute approximate surface area is 240 Å². The number of nitro groups is 1. The molecule has 0 spiro atoms. The number of rotatable bonds is 8. The summed E-state index contributed by atoms with van der Waals surface area (Å²) in [7, 11) is 0. The molecule has 0 saturated carbocycles. The minimum atomic E-state index is -0.840. The van der Waals surface area contributed by atoms with Gasteiger partial charge < -0.3 is 4.74 Å². The number of hydrogen-bond acceptors (Lipinski definition) is 8. The molecular formula is C31H25N3O8. The third kappa shape index (κ3) is 5.44. The van der Waals surface area contributed by atoms with Crippen LogP contribution in [0.1, 0.15) is 44.4 Å². The molecule has 1 fully saturated rings. The number of ketones is 1. The van der Waals surface area contributed by atoms with Crippen LogP contribution in [0.4, 0.5) is 5.69 Å². The highest BCUT2D eigenvalue weighted by Crippen LogP contribution is 2.39. The first-order valence-corrected chi connectivity index (χ1v) is 13.2. The summed E-state index contributed by atoms with van der Waals surface area (Å²) < 4.78 is 5.35. The number of esters is 1. The average molecular weight is 568 g/mol. The molecule has 0 unspecified atom stereocenters. The quantitative estimate of drug-likeness (QED) is 0.0747. The number of ether oxygens (including phenoxy) is 1. The monoisotopic (exact) mass is 567 g/mol. The number of nitrogens with zero attached hydrogens (tertiary/aromatic N) is 3. The number of carbonyl (C=O) groups excluding carboxylic acids is 5. The Bertz CT molecular complexity index is 1600. The average Bonchev–Trinajstić information content (AvgIpc) is 3.26. The molecule has 0 aromatic heterocycles. The van der Waals surface area contributed by atoms with E-state index in [4.69, 9.17) is 4.74 Å². The molecule has 3 amide bonds. The maximum atomic E-state index is 13.7. The smallest absolute Gasteiger partial charge is 0.343 e. The lowest BCUT2D eigenvalue weighted by Crippen LogP contribution is -2.52. The van der Waals surface area contributed by atoms with Gasteiger partial charge in [-0.25, -0.2) is 9.80 Å². The first kappa shape index (κ1) is 28.1. The summed E-state index contributed by atoms with van der Waals surface area (Å²) >= 11 is 0. The number of non-ortho nitro benzene ring substituents is 1. The van der Waals surface area contributed by atoms with Gasteiger partial charge in [0.2, 0.25) is 0 Å². The topological polar surface area (TPSA) is 144 Å². The predicted molar refractivity (Wildman–Crippen MR) is 148 cm³/mol. The highest BCUT2D eigenvalue weighted by molar-refractivity contribution is 6.10. The Morgan fingerprint density at radius 2 is 1.55 bits per heavy atom. The van der Waals surface area contributed by atoms with E-state index in [2.05, 4.69) is 0 Å². The summed E-state index contributed by atoms with van der Waals surface area (Å²) in [5.41, 5.74) is 0.199. The Hall–Kier alpha value is -5.45. The molecule has 1 aliphatic heterocycles. The summed E-state index contributed by atoms with van der Waals surface area (Å²) in [6.07, 6.45) is 3.99. The zero-order valence-electron chi connectivity index (χ0n) is 22.4. The fourth-order valence-corrected chi connectivity index (χ4v) is 5.15. The van der Waals surface area contributed by atoms with Crippen LogP contribution in [0.5, 0.6) is 5.75 Å². The van der Waals surface area contributed by atoms with Gasteiger partial charge in [0.05, 0.1) is 22.3 Å². The van der Waals surface area contributed by atoms with Crippen molar-refractivity contribution in [2.75, 3.05) is 6.54 Å². The third-order valence-electron chi connectivity index (χ3n) is 7.34. The van der Waals surface area contributed by atoms with Crippen LogP contribution in [0.25, 0.3) is 0 Å². The molecule has 2 aliphatic rings. The third-order valence-corrected chi connectivity index (χ3v) is 7.34. The van der Waals surface area contributed by atoms with E-state index >= 15 is 0 Å². The van der Waals surface area contributed by atoms with Crippen LogP contribution in [0.3, 0.4) is 0 Å². The number of benzene rings is 3. The van der Waals surface area contributed by atoms with E-state index in [0.29, 0.717) is 12.0 Å². The number of Topliss-reactive ketones (excluding diaryl/α,β-unsaturated/α-hetero) is 1. The van der Waals surface area contributed by atoms with E-state index in [0.717, 1.165) is 22.2 Å². The molecule has 0 bridgehead atoms. The fourth-order valence-electron chi connectivity index (χ4n) is 5.15. The summed E-state index contributed by atoms with van der Waals surface area (Å²) in [6, 6.07) is 18.7. The molecule has 1 heterocycles. The Morgan fingerprint density at radius 1 is 0.905 bits per heavy atom. The number of carbonyl (C=O) groups is 5. The zero-order chi connectivity index (χ0) is 30.0. The minimum Gasteiger partial charge on any atom is -0.423 e. The van der Waals surface area contributed by atoms with Crippen molar-refractivity contribution < 1.29 is 33.6 Å². The molecule has 11 nitrogen and oxygen atoms in total. The second kappa shape index (κ2) is 11.6. The van der Waals surface area contributed by atoms with Gasteiger partial charge in [-0.3, -0.25) is 29.3 Å². The van der Waals surface area contributed by atoms with Crippen LogP contribution >= 0.6 is 0 Å². The summed E-state index contributed by atoms with van der Waals surface area (Å²) in [5.74, 6) is -4.59. The summed E-state index contributed by atoms with van der Waals surface area (Å²) in [4.78, 5) is 76.8. The van der Waals surface area contributed by atoms with E-state index in [1.807, 2.05) is 19.1 Å². The van der Waals surface area contributed by atoms with Crippen LogP contribution in [0.2, 0.25) is 0 Å². The van der Waals surface area contributed by atoms with Crippen LogP contribution in [-0.4, -0.2) is 51.0 Å². The van der Waals surface area contributed by atoms with Crippen molar-refractivity contribution in [1.29, 1.82) is 0 Å². The molecule has 1 aliphatic carbocycles. The van der Waals surface area contributed by atoms with Crippen molar-refractivity contribution in [1.82, 2.24) is 10.0 Å². The maximum absolute atomic E-state index is 13.7. The van der Waals surface area contributed by atoms with Crippen molar-refractivity contribution in [2.45, 2.75) is 13.3 Å². The predicted octanol–water partition coefficient (Wildman–Crippen LogP) is 4.25. The van der Waals surface area contributed by atoms with Crippen LogP contribution < -0.4 is 4.74 Å². The SMILES string of the molecule is C[C@@H]1C=CC[C@H]2C(=O)N(N(CC(=O)c3ccc(OC(=O)c4ccccc4)cc3)C(=O)c3ccc([N+](=O)[O-])cc3)C(=O)[C@H]12. The van der Waals surface area contributed by atoms with Gasteiger partial charge in [-0.1, -0.05) is 37.3 Å². The first-order chi connectivity index (χ1) is 20.2. The molecule has 42 heavy (non-hydrogen) atoms. The lowest BCUT2D eigenvalue weighted by atomic mass is 9.78. The molecular weight excluding hydrogens is 542 g/mol. The van der Waals surface area contributed by atoms with E-state index in [9.17, 15) is 34.1 Å². The van der Waals surface area contributed by atoms with Gasteiger partial charge in [0.1, 0.15) is 12.3 Å². The van der Waals surface area contributed by atoms with Crippen molar-refractivity contribution in [3.63, 3.8) is 0 Å². The Morgan fingerprint density at radius 3 is 2.17 bits per heavy atom. The first-order valence-electron chi connectivity index (χ1n) is 13.2. The fraction of sp³-hybridized carbons (Fsp3) is 0.194. The minimum absolute atomic E-state index is 0.0433. The molecule has 3 aromatic carbocycles. The van der Waals surface area contributed by atoms with Crippen molar-refractivity contribution in [3.05, 3.63) is 118 Å². The lowest BCUT2D eigenvalue weighted by Gasteiger charge is -2.30. The number of hydrogen-bond donors (Lipinski definition) is 0. The number of nitro benzene ring substituents is 1. The van der Waals surface area contributed by atoms with Gasteiger partial charge in [-0.05, 0) is 60.9 Å². The number of fused-ring (bicyclic) bond motifs is 1. The van der Waals surface area contributed by atoms with E-state index in [1.54, 1.807) is 30.3 Å². The van der Waals surface area contributed by atoms with Crippen LogP contribution in [-0.2, 0) is 9.59 Å². The number of allylic oxidation sites excluding steroid dienone is 2. The standard InChI is InChI=1S/C31H25N3O8/c1-19-6-5-9-25-27(19)30(38)33(29(25)37)32(28(36)21-10-14-23(15-11-21)34(40)41)18-26(35)20-12-16-24(17-13-20)42-31(39)22-7-3-2-4-8-22/h2-8,10-17,19,25,27H,9,18H2,1H3/t19-,25-,27-/m1/s1. The largest absolute Gasteiger partial charge is 0.423 e. The highest BCUT2D eigenvalue weighted by atomic mass is 16.6. The molecule has 0 radical (unpaired) electrons. The van der Waals surface area contributed by atoms with Crippen molar-refractivity contribution >= 4 is 35.2 Å². The number of hydrazine groups is 1. The lowest BCUT2D eigenvalue weighted by molar-refractivity contribution is -0.384. The van der Waals surface area contributed by atoms with Crippen LogP contribution in [0, 0.1) is 27.9 Å². The van der Waals surface area contributed by atoms with Gasteiger partial charge in [0.15, 0.2) is 5.78 Å².